The topological polar surface area (TPSA) is 57.2 Å². The van der Waals surface area contributed by atoms with Crippen LogP contribution in [0.4, 0.5) is 0 Å². The molecule has 124 valence electrons. The van der Waals surface area contributed by atoms with E-state index < -0.39 is 0 Å². The molecule has 0 spiro atoms. The van der Waals surface area contributed by atoms with Gasteiger partial charge in [-0.15, -0.1) is 0 Å². The van der Waals surface area contributed by atoms with Gasteiger partial charge in [0, 0.05) is 12.6 Å². The third-order valence-corrected chi connectivity index (χ3v) is 4.01. The monoisotopic (exact) mass is 327 g/mol. The minimum atomic E-state index is -0.206. The van der Waals surface area contributed by atoms with Crippen LogP contribution in [0, 0.1) is 0 Å². The van der Waals surface area contributed by atoms with Gasteiger partial charge in [-0.2, -0.15) is 0 Å². The van der Waals surface area contributed by atoms with Crippen LogP contribution in [0.1, 0.15) is 10.4 Å². The molecule has 4 rings (SSSR count). The van der Waals surface area contributed by atoms with E-state index in [1.165, 1.54) is 0 Å². The average molecular weight is 327 g/mol. The van der Waals surface area contributed by atoms with Crippen LogP contribution >= 0.6 is 0 Å². The number of fused-ring (bicyclic) bond motifs is 2. The first-order chi connectivity index (χ1) is 11.7. The van der Waals surface area contributed by atoms with Gasteiger partial charge in [0.2, 0.25) is 6.79 Å². The second kappa shape index (κ2) is 5.96. The number of carbonyl (C=O) groups excluding carboxylic acids is 1. The fraction of sp³-hybridized carbons (Fsp3) is 0.278. The van der Waals surface area contributed by atoms with Crippen LogP contribution in [0.25, 0.3) is 0 Å². The molecular weight excluding hydrogens is 310 g/mol. The molecule has 2 aliphatic heterocycles. The number of ether oxygens (including phenoxy) is 4. The fourth-order valence-corrected chi connectivity index (χ4v) is 2.79. The zero-order valence-electron chi connectivity index (χ0n) is 13.2. The third-order valence-electron chi connectivity index (χ3n) is 4.01. The number of nitrogens with zero attached hydrogens (tertiary/aromatic N) is 1. The molecule has 0 radical (unpaired) electrons. The predicted molar refractivity (Wildman–Crippen MR) is 85.9 cm³/mol. The first-order valence-electron chi connectivity index (χ1n) is 7.74. The number of rotatable bonds is 3. The minimum Gasteiger partial charge on any atom is -0.486 e. The van der Waals surface area contributed by atoms with Gasteiger partial charge in [-0.1, -0.05) is 12.1 Å². The summed E-state index contributed by atoms with van der Waals surface area (Å²) in [7, 11) is 1.75. The van der Waals surface area contributed by atoms with Gasteiger partial charge in [-0.05, 0) is 30.3 Å². The van der Waals surface area contributed by atoms with Gasteiger partial charge < -0.3 is 23.8 Å². The Morgan fingerprint density at radius 1 is 1.04 bits per heavy atom. The van der Waals surface area contributed by atoms with Crippen LogP contribution in [0.2, 0.25) is 0 Å². The summed E-state index contributed by atoms with van der Waals surface area (Å²) >= 11 is 0. The van der Waals surface area contributed by atoms with E-state index in [4.69, 9.17) is 18.9 Å². The lowest BCUT2D eigenvalue weighted by Crippen LogP contribution is -2.41. The lowest BCUT2D eigenvalue weighted by atomic mass is 10.1. The highest BCUT2D eigenvalue weighted by Gasteiger charge is 2.25. The standard InChI is InChI=1S/C18H17NO5/c1-19(9-13-10-21-14-4-2-3-5-16(14)24-13)18(20)12-6-7-15-17(8-12)23-11-22-15/h2-8,13H,9-11H2,1H3/t13-/m1/s1. The fourth-order valence-electron chi connectivity index (χ4n) is 2.79. The molecule has 6 heteroatoms. The van der Waals surface area contributed by atoms with Crippen molar-refractivity contribution in [3.63, 3.8) is 0 Å². The average Bonchev–Trinajstić information content (AvgIpc) is 3.08. The van der Waals surface area contributed by atoms with E-state index >= 15 is 0 Å². The number of hydrogen-bond acceptors (Lipinski definition) is 5. The molecule has 0 aromatic heterocycles. The molecule has 2 aromatic rings. The van der Waals surface area contributed by atoms with Crippen molar-refractivity contribution in [2.24, 2.45) is 0 Å². The largest absolute Gasteiger partial charge is 0.486 e. The molecule has 0 fully saturated rings. The van der Waals surface area contributed by atoms with E-state index in [9.17, 15) is 4.79 Å². The Morgan fingerprint density at radius 3 is 2.67 bits per heavy atom. The number of amides is 1. The van der Waals surface area contributed by atoms with Crippen molar-refractivity contribution in [1.29, 1.82) is 0 Å². The van der Waals surface area contributed by atoms with Gasteiger partial charge >= 0.3 is 0 Å². The lowest BCUT2D eigenvalue weighted by molar-refractivity contribution is 0.0521. The van der Waals surface area contributed by atoms with Crippen molar-refractivity contribution >= 4 is 5.91 Å². The Hall–Kier alpha value is -2.89. The number of carbonyl (C=O) groups is 1. The van der Waals surface area contributed by atoms with Crippen LogP contribution in [0.3, 0.4) is 0 Å². The smallest absolute Gasteiger partial charge is 0.253 e. The maximum atomic E-state index is 12.6. The van der Waals surface area contributed by atoms with Gasteiger partial charge in [0.05, 0.1) is 6.54 Å². The Balaban J connectivity index is 1.43. The molecule has 0 unspecified atom stereocenters. The molecule has 24 heavy (non-hydrogen) atoms. The Kier molecular flexibility index (Phi) is 3.65. The normalized spacial score (nSPS) is 17.5. The van der Waals surface area contributed by atoms with Gasteiger partial charge in [0.1, 0.15) is 6.61 Å². The molecule has 6 nitrogen and oxygen atoms in total. The van der Waals surface area contributed by atoms with E-state index in [0.29, 0.717) is 36.0 Å². The number of likely N-dealkylation sites (N-methyl/N-ethyl adjacent to an activating group) is 1. The summed E-state index contributed by atoms with van der Waals surface area (Å²) in [5.41, 5.74) is 0.555. The Labute approximate surface area is 139 Å². The van der Waals surface area contributed by atoms with Crippen molar-refractivity contribution < 1.29 is 23.7 Å². The zero-order valence-corrected chi connectivity index (χ0v) is 13.2. The molecule has 0 bridgehead atoms. The predicted octanol–water partition coefficient (Wildman–Crippen LogP) is 2.33. The van der Waals surface area contributed by atoms with Crippen molar-refractivity contribution in [1.82, 2.24) is 4.90 Å². The highest BCUT2D eigenvalue weighted by atomic mass is 16.7. The van der Waals surface area contributed by atoms with E-state index in [1.54, 1.807) is 30.1 Å². The van der Waals surface area contributed by atoms with Gasteiger partial charge in [0.25, 0.3) is 5.91 Å². The SMILES string of the molecule is CN(C[C@@H]1COc2ccccc2O1)C(=O)c1ccc2c(c1)OCO2. The first kappa shape index (κ1) is 14.7. The van der Waals surface area contributed by atoms with Gasteiger partial charge in [-0.3, -0.25) is 4.79 Å². The molecule has 0 N–H and O–H groups in total. The number of benzene rings is 2. The second-order valence-corrected chi connectivity index (χ2v) is 5.75. The summed E-state index contributed by atoms with van der Waals surface area (Å²) in [5.74, 6) is 2.60. The van der Waals surface area contributed by atoms with Gasteiger partial charge in [-0.25, -0.2) is 0 Å². The zero-order chi connectivity index (χ0) is 16.5. The Bertz CT molecular complexity index is 776. The summed E-state index contributed by atoms with van der Waals surface area (Å²) < 4.78 is 22.2. The molecule has 2 aromatic carbocycles. The molecule has 2 heterocycles. The first-order valence-corrected chi connectivity index (χ1v) is 7.74. The summed E-state index contributed by atoms with van der Waals surface area (Å²) in [5, 5.41) is 0. The van der Waals surface area contributed by atoms with Crippen molar-refractivity contribution in [2.75, 3.05) is 27.0 Å². The maximum absolute atomic E-state index is 12.6. The van der Waals surface area contributed by atoms with E-state index in [1.807, 2.05) is 24.3 Å². The summed E-state index contributed by atoms with van der Waals surface area (Å²) in [6.45, 7) is 1.03. The highest BCUT2D eigenvalue weighted by Crippen LogP contribution is 2.33. The second-order valence-electron chi connectivity index (χ2n) is 5.75. The van der Waals surface area contributed by atoms with Gasteiger partial charge in [0.15, 0.2) is 29.1 Å². The van der Waals surface area contributed by atoms with E-state index in [0.717, 1.165) is 5.75 Å². The Morgan fingerprint density at radius 2 is 1.79 bits per heavy atom. The molecule has 2 aliphatic rings. The third kappa shape index (κ3) is 2.71. The van der Waals surface area contributed by atoms with Crippen molar-refractivity contribution in [3.8, 4) is 23.0 Å². The van der Waals surface area contributed by atoms with E-state index in [2.05, 4.69) is 0 Å². The number of hydrogen-bond donors (Lipinski definition) is 0. The van der Waals surface area contributed by atoms with Crippen LogP contribution in [0.5, 0.6) is 23.0 Å². The summed E-state index contributed by atoms with van der Waals surface area (Å²) in [6, 6.07) is 12.7. The molecule has 0 saturated carbocycles. The number of para-hydroxylation sites is 2. The van der Waals surface area contributed by atoms with Crippen molar-refractivity contribution in [3.05, 3.63) is 48.0 Å². The minimum absolute atomic E-state index is 0.101. The van der Waals surface area contributed by atoms with Crippen LogP contribution < -0.4 is 18.9 Å². The molecule has 1 atom stereocenters. The summed E-state index contributed by atoms with van der Waals surface area (Å²) in [4.78, 5) is 14.2. The molecule has 0 saturated heterocycles. The summed E-state index contributed by atoms with van der Waals surface area (Å²) in [6.07, 6.45) is -0.206. The molecular formula is C18H17NO5. The van der Waals surface area contributed by atoms with Crippen LogP contribution in [0.15, 0.2) is 42.5 Å². The van der Waals surface area contributed by atoms with E-state index in [-0.39, 0.29) is 18.8 Å². The van der Waals surface area contributed by atoms with Crippen molar-refractivity contribution in [2.45, 2.75) is 6.10 Å². The quantitative estimate of drug-likeness (QED) is 0.866. The van der Waals surface area contributed by atoms with Crippen LogP contribution in [-0.2, 0) is 0 Å². The van der Waals surface area contributed by atoms with Crippen LogP contribution in [-0.4, -0.2) is 43.9 Å². The lowest BCUT2D eigenvalue weighted by Gasteiger charge is -2.29. The maximum Gasteiger partial charge on any atom is 0.253 e. The highest BCUT2D eigenvalue weighted by molar-refractivity contribution is 5.94. The molecule has 1 amide bonds. The molecule has 0 aliphatic carbocycles.